The van der Waals surface area contributed by atoms with Gasteiger partial charge in [-0.05, 0) is 41.3 Å². The molecule has 1 aliphatic heterocycles. The molecule has 1 heterocycles. The summed E-state index contributed by atoms with van der Waals surface area (Å²) in [5.74, 6) is 0.256. The third-order valence-corrected chi connectivity index (χ3v) is 6.19. The normalized spacial score (nSPS) is 16.5. The van der Waals surface area contributed by atoms with Crippen LogP contribution in [0.2, 0.25) is 5.02 Å². The van der Waals surface area contributed by atoms with Crippen LogP contribution in [-0.2, 0) is 20.2 Å². The topological polar surface area (TPSA) is 84.9 Å². The van der Waals surface area contributed by atoms with Gasteiger partial charge >= 0.3 is 0 Å². The highest BCUT2D eigenvalue weighted by atomic mass is 35.5. The molecule has 30 heavy (non-hydrogen) atoms. The van der Waals surface area contributed by atoms with Gasteiger partial charge in [0.2, 0.25) is 10.0 Å². The number of rotatable bonds is 4. The van der Waals surface area contributed by atoms with Crippen LogP contribution >= 0.6 is 11.6 Å². The summed E-state index contributed by atoms with van der Waals surface area (Å²) in [7, 11) is -2.16. The van der Waals surface area contributed by atoms with Gasteiger partial charge in [0, 0.05) is 5.02 Å². The Bertz CT molecular complexity index is 1080. The number of nitrogens with zero attached hydrogens (tertiary/aromatic N) is 1. The van der Waals surface area contributed by atoms with E-state index in [9.17, 15) is 13.2 Å². The van der Waals surface area contributed by atoms with E-state index in [0.717, 1.165) is 11.8 Å². The van der Waals surface area contributed by atoms with Gasteiger partial charge in [0.1, 0.15) is 11.5 Å². The standard InChI is InChI=1S/C21H25ClN2O5S/c1-21(2,3)13-6-8-18-16(10-13)24(30(5,26)27)12-19(29-18)20(25)23-15-11-14(22)7-9-17(15)28-4/h6-11,19H,12H2,1-5H3,(H,23,25). The van der Waals surface area contributed by atoms with Crippen LogP contribution in [0.1, 0.15) is 26.3 Å². The van der Waals surface area contributed by atoms with Crippen LogP contribution in [0.5, 0.6) is 11.5 Å². The summed E-state index contributed by atoms with van der Waals surface area (Å²) in [6.07, 6.45) is 0.0669. The van der Waals surface area contributed by atoms with E-state index in [1.54, 1.807) is 30.3 Å². The first-order valence-corrected chi connectivity index (χ1v) is 11.6. The van der Waals surface area contributed by atoms with Crippen LogP contribution < -0.4 is 19.1 Å². The van der Waals surface area contributed by atoms with Crippen molar-refractivity contribution in [3.05, 3.63) is 47.0 Å². The number of hydrogen-bond donors (Lipinski definition) is 1. The average Bonchev–Trinajstić information content (AvgIpc) is 2.65. The molecule has 0 aliphatic carbocycles. The van der Waals surface area contributed by atoms with Crippen molar-refractivity contribution < 1.29 is 22.7 Å². The van der Waals surface area contributed by atoms with E-state index < -0.39 is 22.0 Å². The van der Waals surface area contributed by atoms with Gasteiger partial charge in [-0.3, -0.25) is 9.10 Å². The maximum atomic E-state index is 12.9. The number of carbonyl (C=O) groups is 1. The van der Waals surface area contributed by atoms with Crippen molar-refractivity contribution in [1.82, 2.24) is 0 Å². The Labute approximate surface area is 182 Å². The van der Waals surface area contributed by atoms with Crippen molar-refractivity contribution in [2.75, 3.05) is 29.5 Å². The summed E-state index contributed by atoms with van der Waals surface area (Å²) in [6.45, 7) is 5.97. The number of anilines is 2. The molecule has 2 aromatic carbocycles. The molecule has 0 fully saturated rings. The second-order valence-electron chi connectivity index (χ2n) is 8.17. The number of amides is 1. The zero-order valence-corrected chi connectivity index (χ0v) is 19.1. The van der Waals surface area contributed by atoms with Gasteiger partial charge in [-0.15, -0.1) is 0 Å². The first kappa shape index (κ1) is 22.2. The van der Waals surface area contributed by atoms with Crippen LogP contribution in [0.15, 0.2) is 36.4 Å². The molecular weight excluding hydrogens is 428 g/mol. The molecule has 1 amide bonds. The fourth-order valence-corrected chi connectivity index (χ4v) is 4.24. The van der Waals surface area contributed by atoms with E-state index in [2.05, 4.69) is 5.32 Å². The molecule has 9 heteroatoms. The number of methoxy groups -OCH3 is 1. The van der Waals surface area contributed by atoms with Gasteiger partial charge in [-0.25, -0.2) is 8.42 Å². The van der Waals surface area contributed by atoms with Crippen LogP contribution in [-0.4, -0.2) is 40.3 Å². The van der Waals surface area contributed by atoms with Gasteiger partial charge in [-0.2, -0.15) is 0 Å². The Morgan fingerprint density at radius 3 is 2.53 bits per heavy atom. The third kappa shape index (κ3) is 4.65. The fraction of sp³-hybridized carbons (Fsp3) is 0.381. The first-order valence-electron chi connectivity index (χ1n) is 9.33. The SMILES string of the molecule is COc1ccc(Cl)cc1NC(=O)C1CN(S(C)(=O)=O)c2cc(C(C)(C)C)ccc2O1. The highest BCUT2D eigenvalue weighted by Gasteiger charge is 2.36. The zero-order valence-electron chi connectivity index (χ0n) is 17.5. The number of nitrogens with one attached hydrogen (secondary N) is 1. The molecular formula is C21H25ClN2O5S. The Morgan fingerprint density at radius 2 is 1.93 bits per heavy atom. The molecule has 0 aromatic heterocycles. The summed E-state index contributed by atoms with van der Waals surface area (Å²) in [4.78, 5) is 12.9. The number of fused-ring (bicyclic) bond motifs is 1. The lowest BCUT2D eigenvalue weighted by atomic mass is 9.86. The summed E-state index contributed by atoms with van der Waals surface area (Å²) in [6, 6.07) is 10.2. The van der Waals surface area contributed by atoms with Crippen molar-refractivity contribution in [3.8, 4) is 11.5 Å². The highest BCUT2D eigenvalue weighted by Crippen LogP contribution is 2.39. The molecule has 1 unspecified atom stereocenters. The van der Waals surface area contributed by atoms with Crippen molar-refractivity contribution in [3.63, 3.8) is 0 Å². The maximum Gasteiger partial charge on any atom is 0.267 e. The lowest BCUT2D eigenvalue weighted by Crippen LogP contribution is -2.48. The zero-order chi connectivity index (χ0) is 22.3. The molecule has 1 aliphatic rings. The number of carbonyl (C=O) groups excluding carboxylic acids is 1. The van der Waals surface area contributed by atoms with Gasteiger partial charge in [0.25, 0.3) is 5.91 Å². The Kier molecular flexibility index (Phi) is 5.93. The van der Waals surface area contributed by atoms with E-state index in [1.807, 2.05) is 26.8 Å². The molecule has 162 valence electrons. The van der Waals surface area contributed by atoms with E-state index in [1.165, 1.54) is 11.4 Å². The summed E-state index contributed by atoms with van der Waals surface area (Å²) in [5.41, 5.74) is 1.59. The second-order valence-corrected chi connectivity index (χ2v) is 10.5. The van der Waals surface area contributed by atoms with Crippen LogP contribution in [0.3, 0.4) is 0 Å². The largest absolute Gasteiger partial charge is 0.495 e. The Hall–Kier alpha value is -2.45. The first-order chi connectivity index (χ1) is 13.9. The lowest BCUT2D eigenvalue weighted by molar-refractivity contribution is -0.122. The van der Waals surface area contributed by atoms with E-state index >= 15 is 0 Å². The average molecular weight is 453 g/mol. The molecule has 0 radical (unpaired) electrons. The summed E-state index contributed by atoms with van der Waals surface area (Å²) in [5, 5.41) is 3.14. The van der Waals surface area contributed by atoms with Crippen molar-refractivity contribution in [2.45, 2.75) is 32.3 Å². The molecule has 3 rings (SSSR count). The summed E-state index contributed by atoms with van der Waals surface area (Å²) >= 11 is 6.02. The number of ether oxygens (including phenoxy) is 2. The molecule has 0 bridgehead atoms. The number of hydrogen-bond acceptors (Lipinski definition) is 5. The smallest absolute Gasteiger partial charge is 0.267 e. The van der Waals surface area contributed by atoms with Crippen molar-refractivity contribution in [1.29, 1.82) is 0 Å². The third-order valence-electron chi connectivity index (χ3n) is 4.81. The van der Waals surface area contributed by atoms with Crippen LogP contribution in [0, 0.1) is 0 Å². The molecule has 0 saturated heterocycles. The molecule has 7 nitrogen and oxygen atoms in total. The van der Waals surface area contributed by atoms with Crippen LogP contribution in [0.25, 0.3) is 0 Å². The Morgan fingerprint density at radius 1 is 1.23 bits per heavy atom. The molecule has 0 spiro atoms. The molecule has 2 aromatic rings. The van der Waals surface area contributed by atoms with Gasteiger partial charge in [0.05, 0.1) is 31.3 Å². The number of sulfonamides is 1. The lowest BCUT2D eigenvalue weighted by Gasteiger charge is -2.35. The number of halogens is 1. The Balaban J connectivity index is 1.94. The summed E-state index contributed by atoms with van der Waals surface area (Å²) < 4.78 is 37.3. The minimum absolute atomic E-state index is 0.145. The minimum Gasteiger partial charge on any atom is -0.495 e. The van der Waals surface area contributed by atoms with E-state index in [-0.39, 0.29) is 12.0 Å². The van der Waals surface area contributed by atoms with Crippen molar-refractivity contribution >= 4 is 38.9 Å². The van der Waals surface area contributed by atoms with E-state index in [0.29, 0.717) is 27.9 Å². The fourth-order valence-electron chi connectivity index (χ4n) is 3.16. The van der Waals surface area contributed by atoms with Gasteiger partial charge < -0.3 is 14.8 Å². The van der Waals surface area contributed by atoms with Crippen molar-refractivity contribution in [2.24, 2.45) is 0 Å². The molecule has 1 N–H and O–H groups in total. The predicted molar refractivity (Wildman–Crippen MR) is 118 cm³/mol. The highest BCUT2D eigenvalue weighted by molar-refractivity contribution is 7.92. The maximum absolute atomic E-state index is 12.9. The quantitative estimate of drug-likeness (QED) is 0.762. The van der Waals surface area contributed by atoms with Gasteiger partial charge in [0.15, 0.2) is 6.10 Å². The monoisotopic (exact) mass is 452 g/mol. The van der Waals surface area contributed by atoms with Crippen LogP contribution in [0.4, 0.5) is 11.4 Å². The molecule has 1 atom stereocenters. The molecule has 0 saturated carbocycles. The van der Waals surface area contributed by atoms with E-state index in [4.69, 9.17) is 21.1 Å². The van der Waals surface area contributed by atoms with Gasteiger partial charge in [-0.1, -0.05) is 38.4 Å². The minimum atomic E-state index is -3.63. The predicted octanol–water partition coefficient (Wildman–Crippen LogP) is 3.81. The number of benzene rings is 2. The second kappa shape index (κ2) is 8.00.